The van der Waals surface area contributed by atoms with Gasteiger partial charge in [0.2, 0.25) is 5.88 Å². The monoisotopic (exact) mass is 611 g/mol. The van der Waals surface area contributed by atoms with Crippen molar-refractivity contribution in [3.05, 3.63) is 92.3 Å². The Hall–Kier alpha value is -4.29. The number of hydrogen-bond donors (Lipinski definition) is 4. The molecule has 0 bridgehead atoms. The number of carboxylic acid groups (broad SMARTS) is 1. The minimum atomic E-state index is -1.54. The summed E-state index contributed by atoms with van der Waals surface area (Å²) in [5, 5.41) is 28.8. The van der Waals surface area contributed by atoms with Gasteiger partial charge in [-0.3, -0.25) is 19.7 Å². The number of nitrogens with one attached hydrogen (secondary N) is 2. The number of rotatable bonds is 10. The van der Waals surface area contributed by atoms with Crippen molar-refractivity contribution >= 4 is 40.8 Å². The summed E-state index contributed by atoms with van der Waals surface area (Å²) in [6.45, 7) is 0.849. The van der Waals surface area contributed by atoms with E-state index in [-0.39, 0.29) is 28.7 Å². The Kier molecular flexibility index (Phi) is 9.27. The van der Waals surface area contributed by atoms with Crippen LogP contribution in [0.5, 0.6) is 5.88 Å². The number of nitrogens with zero attached hydrogens (tertiary/aromatic N) is 3. The van der Waals surface area contributed by atoms with Gasteiger partial charge in [-0.25, -0.2) is 9.67 Å². The summed E-state index contributed by atoms with van der Waals surface area (Å²) in [4.78, 5) is 41.2. The van der Waals surface area contributed by atoms with E-state index >= 15 is 0 Å². The number of halogens is 2. The summed E-state index contributed by atoms with van der Waals surface area (Å²) in [6.07, 6.45) is 1.36. The number of anilines is 1. The van der Waals surface area contributed by atoms with E-state index in [0.717, 1.165) is 4.68 Å². The van der Waals surface area contributed by atoms with Gasteiger partial charge in [-0.2, -0.15) is 5.10 Å². The molecule has 0 aliphatic heterocycles. The number of methoxy groups -OCH3 is 1. The maximum absolute atomic E-state index is 12.8. The van der Waals surface area contributed by atoms with Crippen molar-refractivity contribution in [3.8, 4) is 28.3 Å². The molecule has 0 saturated carbocycles. The van der Waals surface area contributed by atoms with E-state index in [9.17, 15) is 24.6 Å². The molecule has 4 rings (SSSR count). The van der Waals surface area contributed by atoms with E-state index in [4.69, 9.17) is 27.9 Å². The topological polar surface area (TPSA) is 156 Å². The number of aromatic nitrogens is 3. The molecule has 2 aromatic carbocycles. The van der Waals surface area contributed by atoms with Gasteiger partial charge in [0, 0.05) is 42.0 Å². The molecule has 0 aliphatic carbocycles. The first-order valence-corrected chi connectivity index (χ1v) is 13.3. The number of aliphatic hydroxyl groups is 1. The lowest BCUT2D eigenvalue weighted by Gasteiger charge is -2.24. The second-order valence-electron chi connectivity index (χ2n) is 9.48. The van der Waals surface area contributed by atoms with Crippen LogP contribution in [-0.4, -0.2) is 56.1 Å². The van der Waals surface area contributed by atoms with Crippen molar-refractivity contribution in [1.82, 2.24) is 20.1 Å². The molecule has 0 radical (unpaired) electrons. The zero-order valence-electron chi connectivity index (χ0n) is 22.8. The number of aryl methyl sites for hydroxylation is 1. The molecule has 0 spiro atoms. The molecule has 2 aromatic heterocycles. The Morgan fingerprint density at radius 3 is 2.36 bits per heavy atom. The second kappa shape index (κ2) is 12.7. The number of aliphatic hydroxyl groups excluding tert-OH is 1. The third kappa shape index (κ3) is 6.14. The molecule has 0 fully saturated rings. The Balaban J connectivity index is 1.66. The number of carbonyl (C=O) groups is 2. The molecule has 42 heavy (non-hydrogen) atoms. The molecule has 0 aliphatic rings. The molecule has 218 valence electrons. The van der Waals surface area contributed by atoms with Crippen molar-refractivity contribution in [1.29, 1.82) is 0 Å². The highest BCUT2D eigenvalue weighted by atomic mass is 35.5. The standard InChI is InChI=1S/C29H27Cl2N5O6/c1-29(15-37,28(40)41)32-14-16-10-11-21(35-26(16)42-3)19-8-4-6-17(23(19)30)18-7-5-9-22(24(18)31)34-25(38)20-12-13-33-36(2)27(20)39/h4-13,32,37H,14-15H2,1-3H3,(H,34,38)(H,40,41)/t29-/m1/s1. The molecule has 1 atom stereocenters. The number of ether oxygens (including phenoxy) is 1. The summed E-state index contributed by atoms with van der Waals surface area (Å²) in [5.41, 5.74) is 0.849. The Labute approximate surface area is 250 Å². The van der Waals surface area contributed by atoms with Crippen molar-refractivity contribution in [2.24, 2.45) is 7.05 Å². The van der Waals surface area contributed by atoms with Crippen LogP contribution in [0, 0.1) is 0 Å². The minimum Gasteiger partial charge on any atom is -0.481 e. The fraction of sp³-hybridized carbons (Fsp3) is 0.207. The van der Waals surface area contributed by atoms with E-state index in [1.165, 1.54) is 33.3 Å². The number of carboxylic acids is 1. The number of pyridine rings is 1. The first-order valence-electron chi connectivity index (χ1n) is 12.6. The Bertz CT molecular complexity index is 1730. The van der Waals surface area contributed by atoms with Crippen molar-refractivity contribution < 1.29 is 24.5 Å². The molecular weight excluding hydrogens is 585 g/mol. The lowest BCUT2D eigenvalue weighted by Crippen LogP contribution is -2.52. The lowest BCUT2D eigenvalue weighted by atomic mass is 10.00. The third-order valence-electron chi connectivity index (χ3n) is 6.65. The average molecular weight is 612 g/mol. The van der Waals surface area contributed by atoms with Gasteiger partial charge < -0.3 is 20.3 Å². The molecule has 11 nitrogen and oxygen atoms in total. The number of hydrogen-bond acceptors (Lipinski definition) is 8. The number of benzene rings is 2. The van der Waals surface area contributed by atoms with Crippen LogP contribution in [0.2, 0.25) is 10.0 Å². The number of aliphatic carboxylic acids is 1. The normalized spacial score (nSPS) is 12.4. The van der Waals surface area contributed by atoms with Crippen molar-refractivity contribution in [2.75, 3.05) is 19.0 Å². The van der Waals surface area contributed by atoms with E-state index < -0.39 is 29.6 Å². The highest BCUT2D eigenvalue weighted by Crippen LogP contribution is 2.41. The van der Waals surface area contributed by atoms with Crippen molar-refractivity contribution in [2.45, 2.75) is 19.0 Å². The molecule has 1 amide bonds. The van der Waals surface area contributed by atoms with Crippen LogP contribution in [0.3, 0.4) is 0 Å². The van der Waals surface area contributed by atoms with Gasteiger partial charge in [0.15, 0.2) is 0 Å². The molecule has 2 heterocycles. The van der Waals surface area contributed by atoms with Crippen LogP contribution in [-0.2, 0) is 18.4 Å². The minimum absolute atomic E-state index is 0.0767. The molecular formula is C29H27Cl2N5O6. The molecule has 4 N–H and O–H groups in total. The smallest absolute Gasteiger partial charge is 0.326 e. The van der Waals surface area contributed by atoms with Crippen LogP contribution in [0.1, 0.15) is 22.8 Å². The van der Waals surface area contributed by atoms with Crippen LogP contribution in [0.15, 0.2) is 65.6 Å². The highest BCUT2D eigenvalue weighted by molar-refractivity contribution is 6.39. The van der Waals surface area contributed by atoms with Crippen molar-refractivity contribution in [3.63, 3.8) is 0 Å². The largest absolute Gasteiger partial charge is 0.481 e. The van der Waals surface area contributed by atoms with Gasteiger partial charge in [0.05, 0.1) is 35.1 Å². The number of amides is 1. The van der Waals surface area contributed by atoms with Gasteiger partial charge in [0.1, 0.15) is 11.1 Å². The summed E-state index contributed by atoms with van der Waals surface area (Å²) >= 11 is 13.6. The van der Waals surface area contributed by atoms with Gasteiger partial charge >= 0.3 is 5.97 Å². The zero-order valence-corrected chi connectivity index (χ0v) is 24.3. The first-order chi connectivity index (χ1) is 20.0. The first kappa shape index (κ1) is 30.7. The van der Waals surface area contributed by atoms with E-state index in [1.54, 1.807) is 48.5 Å². The maximum Gasteiger partial charge on any atom is 0.326 e. The number of carbonyl (C=O) groups excluding carboxylic acids is 1. The summed E-state index contributed by atoms with van der Waals surface area (Å²) < 4.78 is 6.51. The fourth-order valence-corrected chi connectivity index (χ4v) is 4.66. The van der Waals surface area contributed by atoms with Crippen LogP contribution < -0.4 is 20.9 Å². The fourth-order valence-electron chi connectivity index (χ4n) is 4.06. The summed E-state index contributed by atoms with van der Waals surface area (Å²) in [6, 6.07) is 15.2. The van der Waals surface area contributed by atoms with E-state index in [0.29, 0.717) is 33.0 Å². The Morgan fingerprint density at radius 2 is 1.69 bits per heavy atom. The van der Waals surface area contributed by atoms with Gasteiger partial charge in [-0.15, -0.1) is 0 Å². The zero-order chi connectivity index (χ0) is 30.6. The average Bonchev–Trinajstić information content (AvgIpc) is 2.98. The van der Waals surface area contributed by atoms with Crippen LogP contribution >= 0.6 is 23.2 Å². The maximum atomic E-state index is 12.8. The van der Waals surface area contributed by atoms with Crippen LogP contribution in [0.25, 0.3) is 22.4 Å². The quantitative estimate of drug-likeness (QED) is 0.208. The summed E-state index contributed by atoms with van der Waals surface area (Å²) in [5.74, 6) is -1.58. The Morgan fingerprint density at radius 1 is 1.02 bits per heavy atom. The predicted molar refractivity (Wildman–Crippen MR) is 159 cm³/mol. The second-order valence-corrected chi connectivity index (χ2v) is 10.2. The molecule has 0 saturated heterocycles. The van der Waals surface area contributed by atoms with Gasteiger partial charge in [-0.05, 0) is 25.1 Å². The molecule has 4 aromatic rings. The van der Waals surface area contributed by atoms with Gasteiger partial charge in [0.25, 0.3) is 11.5 Å². The summed E-state index contributed by atoms with van der Waals surface area (Å²) in [7, 11) is 2.89. The predicted octanol–water partition coefficient (Wildman–Crippen LogP) is 4.00. The SMILES string of the molecule is COc1nc(-c2cccc(-c3cccc(NC(=O)c4ccnn(C)c4=O)c3Cl)c2Cl)ccc1CN[C@](C)(CO)C(=O)O. The molecule has 0 unspecified atom stereocenters. The lowest BCUT2D eigenvalue weighted by molar-refractivity contribution is -0.145. The van der Waals surface area contributed by atoms with E-state index in [1.807, 2.05) is 0 Å². The van der Waals surface area contributed by atoms with E-state index in [2.05, 4.69) is 20.7 Å². The highest BCUT2D eigenvalue weighted by Gasteiger charge is 2.32. The third-order valence-corrected chi connectivity index (χ3v) is 7.47. The van der Waals surface area contributed by atoms with Gasteiger partial charge in [-0.1, -0.05) is 59.6 Å². The molecule has 13 heteroatoms. The van der Waals surface area contributed by atoms with Crippen LogP contribution in [0.4, 0.5) is 5.69 Å².